The number of thiazole rings is 1. The van der Waals surface area contributed by atoms with Gasteiger partial charge >= 0.3 is 0 Å². The molecule has 0 aliphatic heterocycles. The summed E-state index contributed by atoms with van der Waals surface area (Å²) in [6.45, 7) is 2.26. The van der Waals surface area contributed by atoms with E-state index in [1.807, 2.05) is 0 Å². The monoisotopic (exact) mass is 339 g/mol. The van der Waals surface area contributed by atoms with Crippen molar-refractivity contribution < 1.29 is 4.79 Å². The predicted molar refractivity (Wildman–Crippen MR) is 79.7 cm³/mol. The van der Waals surface area contributed by atoms with Crippen molar-refractivity contribution in [3.8, 4) is 0 Å². The van der Waals surface area contributed by atoms with Gasteiger partial charge in [-0.3, -0.25) is 10.1 Å². The zero-order chi connectivity index (χ0) is 13.4. The maximum Gasteiger partial charge on any atom is 0.273 e. The molecule has 2 heterocycles. The Morgan fingerprint density at radius 2 is 2.47 bits per heavy atom. The fourth-order valence-corrected chi connectivity index (χ4v) is 3.77. The van der Waals surface area contributed by atoms with Crippen LogP contribution in [0.3, 0.4) is 0 Å². The van der Waals surface area contributed by atoms with Gasteiger partial charge in [-0.2, -0.15) is 0 Å². The molecule has 19 heavy (non-hydrogen) atoms. The van der Waals surface area contributed by atoms with Crippen LogP contribution in [0.2, 0.25) is 0 Å². The van der Waals surface area contributed by atoms with Gasteiger partial charge in [0.05, 0.1) is 5.69 Å². The number of fused-ring (bicyclic) bond motifs is 1. The molecule has 1 aliphatic rings. The van der Waals surface area contributed by atoms with E-state index in [0.29, 0.717) is 10.8 Å². The molecular weight excluding hydrogens is 326 g/mol. The van der Waals surface area contributed by atoms with Crippen LogP contribution < -0.4 is 5.32 Å². The number of aromatic nitrogens is 2. The largest absolute Gasteiger partial charge is 0.356 e. The molecule has 0 radical (unpaired) electrons. The van der Waals surface area contributed by atoms with E-state index in [1.165, 1.54) is 11.3 Å². The first kappa shape index (κ1) is 12.9. The van der Waals surface area contributed by atoms with Crippen LogP contribution in [0.5, 0.6) is 0 Å². The molecule has 2 aromatic rings. The number of aromatic amines is 1. The smallest absolute Gasteiger partial charge is 0.273 e. The predicted octanol–water partition coefficient (Wildman–Crippen LogP) is 3.61. The van der Waals surface area contributed by atoms with Gasteiger partial charge in [0.1, 0.15) is 5.69 Å². The van der Waals surface area contributed by atoms with Crippen LogP contribution in [-0.2, 0) is 12.8 Å². The fourth-order valence-electron chi connectivity index (χ4n) is 2.26. The molecule has 1 aliphatic carbocycles. The van der Waals surface area contributed by atoms with Gasteiger partial charge in [0, 0.05) is 15.5 Å². The molecule has 0 saturated heterocycles. The standard InChI is InChI=1S/C13H14BrN3OS/c1-7-2-3-9-11(4-7)19-13(16-9)17-12(18)10-5-8(14)6-15-10/h5-7,15H,2-4H2,1H3,(H,16,17,18)/t7-/m1/s1. The van der Waals surface area contributed by atoms with Crippen molar-refractivity contribution in [2.75, 3.05) is 5.32 Å². The average Bonchev–Trinajstić information content (AvgIpc) is 2.94. The lowest BCUT2D eigenvalue weighted by Crippen LogP contribution is -2.12. The molecule has 0 unspecified atom stereocenters. The quantitative estimate of drug-likeness (QED) is 0.877. The van der Waals surface area contributed by atoms with Crippen molar-refractivity contribution in [3.63, 3.8) is 0 Å². The molecular formula is C13H14BrN3OS. The Kier molecular flexibility index (Phi) is 3.45. The highest BCUT2D eigenvalue weighted by Crippen LogP contribution is 2.32. The summed E-state index contributed by atoms with van der Waals surface area (Å²) < 4.78 is 0.866. The number of carbonyl (C=O) groups excluding carboxylic acids is 1. The summed E-state index contributed by atoms with van der Waals surface area (Å²) in [5.41, 5.74) is 1.69. The van der Waals surface area contributed by atoms with E-state index in [1.54, 1.807) is 23.6 Å². The Hall–Kier alpha value is -1.14. The molecule has 0 aromatic carbocycles. The first-order valence-electron chi connectivity index (χ1n) is 6.25. The summed E-state index contributed by atoms with van der Waals surface area (Å²) >= 11 is 4.91. The number of amides is 1. The minimum atomic E-state index is -0.148. The molecule has 2 aromatic heterocycles. The van der Waals surface area contributed by atoms with Crippen molar-refractivity contribution in [3.05, 3.63) is 33.0 Å². The third kappa shape index (κ3) is 2.74. The van der Waals surface area contributed by atoms with Gasteiger partial charge < -0.3 is 4.98 Å². The van der Waals surface area contributed by atoms with Gasteiger partial charge in [0.2, 0.25) is 0 Å². The summed E-state index contributed by atoms with van der Waals surface area (Å²) in [5.74, 6) is 0.570. The van der Waals surface area contributed by atoms with Crippen LogP contribution in [0.25, 0.3) is 0 Å². The highest BCUT2D eigenvalue weighted by Gasteiger charge is 2.20. The number of nitrogens with zero attached hydrogens (tertiary/aromatic N) is 1. The third-order valence-corrected chi connectivity index (χ3v) is 4.79. The minimum absolute atomic E-state index is 0.148. The number of carbonyl (C=O) groups is 1. The molecule has 0 bridgehead atoms. The van der Waals surface area contributed by atoms with E-state index >= 15 is 0 Å². The van der Waals surface area contributed by atoms with Crippen molar-refractivity contribution in [1.82, 2.24) is 9.97 Å². The maximum absolute atomic E-state index is 12.0. The normalized spacial score (nSPS) is 18.1. The number of nitrogens with one attached hydrogen (secondary N) is 2. The average molecular weight is 340 g/mol. The van der Waals surface area contributed by atoms with Crippen LogP contribution in [0.1, 0.15) is 34.4 Å². The van der Waals surface area contributed by atoms with Crippen LogP contribution in [0.15, 0.2) is 16.7 Å². The lowest BCUT2D eigenvalue weighted by molar-refractivity contribution is 0.102. The number of aryl methyl sites for hydroxylation is 1. The molecule has 1 atom stereocenters. The molecule has 0 spiro atoms. The Balaban J connectivity index is 1.75. The summed E-state index contributed by atoms with van der Waals surface area (Å²) in [7, 11) is 0. The number of hydrogen-bond donors (Lipinski definition) is 2. The number of halogens is 1. The first-order chi connectivity index (χ1) is 9.11. The van der Waals surface area contributed by atoms with E-state index < -0.39 is 0 Å². The van der Waals surface area contributed by atoms with Gasteiger partial charge in [-0.15, -0.1) is 11.3 Å². The highest BCUT2D eigenvalue weighted by atomic mass is 79.9. The van der Waals surface area contributed by atoms with Crippen molar-refractivity contribution >= 4 is 38.3 Å². The number of hydrogen-bond acceptors (Lipinski definition) is 3. The van der Waals surface area contributed by atoms with Crippen molar-refractivity contribution in [2.45, 2.75) is 26.2 Å². The second-order valence-corrected chi connectivity index (χ2v) is 6.92. The summed E-state index contributed by atoms with van der Waals surface area (Å²) in [6, 6.07) is 1.75. The molecule has 1 amide bonds. The highest BCUT2D eigenvalue weighted by molar-refractivity contribution is 9.10. The van der Waals surface area contributed by atoms with E-state index in [9.17, 15) is 4.79 Å². The van der Waals surface area contributed by atoms with Gasteiger partial charge in [-0.05, 0) is 47.2 Å². The van der Waals surface area contributed by atoms with Crippen LogP contribution in [-0.4, -0.2) is 15.9 Å². The molecule has 4 nitrogen and oxygen atoms in total. The zero-order valence-electron chi connectivity index (χ0n) is 10.5. The van der Waals surface area contributed by atoms with Gasteiger partial charge in [0.25, 0.3) is 5.91 Å². The number of H-pyrrole nitrogens is 1. The molecule has 3 rings (SSSR count). The number of anilines is 1. The third-order valence-electron chi connectivity index (χ3n) is 3.30. The second-order valence-electron chi connectivity index (χ2n) is 4.92. The molecule has 0 saturated carbocycles. The topological polar surface area (TPSA) is 57.8 Å². The molecule has 0 fully saturated rings. The Labute approximate surface area is 123 Å². The van der Waals surface area contributed by atoms with Crippen LogP contribution in [0, 0.1) is 5.92 Å². The van der Waals surface area contributed by atoms with E-state index in [4.69, 9.17) is 0 Å². The second kappa shape index (κ2) is 5.09. The fraction of sp³-hybridized carbons (Fsp3) is 0.385. The Bertz CT molecular complexity index is 619. The van der Waals surface area contributed by atoms with E-state index in [0.717, 1.165) is 28.9 Å². The van der Waals surface area contributed by atoms with Crippen molar-refractivity contribution in [1.29, 1.82) is 0 Å². The molecule has 100 valence electrons. The van der Waals surface area contributed by atoms with E-state index in [2.05, 4.69) is 38.1 Å². The van der Waals surface area contributed by atoms with Crippen LogP contribution in [0.4, 0.5) is 5.13 Å². The summed E-state index contributed by atoms with van der Waals surface area (Å²) in [5, 5.41) is 3.56. The van der Waals surface area contributed by atoms with Gasteiger partial charge in [0.15, 0.2) is 5.13 Å². The first-order valence-corrected chi connectivity index (χ1v) is 7.86. The zero-order valence-corrected chi connectivity index (χ0v) is 12.9. The van der Waals surface area contributed by atoms with Gasteiger partial charge in [-0.25, -0.2) is 4.98 Å². The Morgan fingerprint density at radius 3 is 3.21 bits per heavy atom. The molecule has 2 N–H and O–H groups in total. The minimum Gasteiger partial charge on any atom is -0.356 e. The van der Waals surface area contributed by atoms with Crippen LogP contribution >= 0.6 is 27.3 Å². The molecule has 6 heteroatoms. The number of rotatable bonds is 2. The SMILES string of the molecule is C[C@@H]1CCc2nc(NC(=O)c3cc(Br)c[nH]3)sc2C1. The summed E-state index contributed by atoms with van der Waals surface area (Å²) in [6.07, 6.45) is 5.03. The maximum atomic E-state index is 12.0. The lowest BCUT2D eigenvalue weighted by Gasteiger charge is -2.15. The van der Waals surface area contributed by atoms with Gasteiger partial charge in [-0.1, -0.05) is 6.92 Å². The lowest BCUT2D eigenvalue weighted by atomic mass is 9.93. The van der Waals surface area contributed by atoms with Crippen molar-refractivity contribution in [2.24, 2.45) is 5.92 Å². The summed E-state index contributed by atoms with van der Waals surface area (Å²) in [4.78, 5) is 20.8. The Morgan fingerprint density at radius 1 is 1.63 bits per heavy atom. The van der Waals surface area contributed by atoms with E-state index in [-0.39, 0.29) is 5.91 Å².